The van der Waals surface area contributed by atoms with E-state index in [9.17, 15) is 9.90 Å². The van der Waals surface area contributed by atoms with Crippen LogP contribution >= 0.6 is 0 Å². The summed E-state index contributed by atoms with van der Waals surface area (Å²) in [5.41, 5.74) is 1.22. The molecule has 0 bridgehead atoms. The maximum atomic E-state index is 12.5. The predicted octanol–water partition coefficient (Wildman–Crippen LogP) is 1.53. The standard InChI is InChI=1S/C18H21N3O3/c22-16-10-15(18(16)6-8-24-9-7-18)20-17(23)13-11-19-21(12-13)14-4-2-1-3-5-14/h1-5,11-12,15-16,22H,6-10H2,(H,20,23)/t15-,16-/m1/s1. The van der Waals surface area contributed by atoms with Gasteiger partial charge in [-0.25, -0.2) is 4.68 Å². The van der Waals surface area contributed by atoms with Gasteiger partial charge in [0.2, 0.25) is 0 Å². The molecule has 24 heavy (non-hydrogen) atoms. The molecule has 6 heteroatoms. The zero-order valence-corrected chi connectivity index (χ0v) is 13.4. The summed E-state index contributed by atoms with van der Waals surface area (Å²) in [5.74, 6) is -0.139. The molecular weight excluding hydrogens is 306 g/mol. The molecule has 1 aliphatic heterocycles. The van der Waals surface area contributed by atoms with Crippen molar-refractivity contribution in [1.29, 1.82) is 0 Å². The fraction of sp³-hybridized carbons (Fsp3) is 0.444. The molecule has 1 spiro atoms. The molecule has 1 amide bonds. The summed E-state index contributed by atoms with van der Waals surface area (Å²) in [6, 6.07) is 9.68. The maximum absolute atomic E-state index is 12.5. The summed E-state index contributed by atoms with van der Waals surface area (Å²) in [4.78, 5) is 12.5. The number of nitrogens with one attached hydrogen (secondary N) is 1. The second kappa shape index (κ2) is 6.03. The quantitative estimate of drug-likeness (QED) is 0.896. The minimum absolute atomic E-state index is 0.00368. The van der Waals surface area contributed by atoms with E-state index in [1.165, 1.54) is 0 Å². The molecule has 1 aromatic carbocycles. The van der Waals surface area contributed by atoms with E-state index in [1.54, 1.807) is 17.1 Å². The summed E-state index contributed by atoms with van der Waals surface area (Å²) >= 11 is 0. The lowest BCUT2D eigenvalue weighted by atomic mass is 9.58. The number of ether oxygens (including phenoxy) is 1. The zero-order chi connectivity index (χ0) is 16.6. The van der Waals surface area contributed by atoms with Crippen molar-refractivity contribution in [2.75, 3.05) is 13.2 Å². The van der Waals surface area contributed by atoms with Gasteiger partial charge in [0.15, 0.2) is 0 Å². The van der Waals surface area contributed by atoms with E-state index in [0.717, 1.165) is 18.5 Å². The number of carbonyl (C=O) groups is 1. The van der Waals surface area contributed by atoms with E-state index in [2.05, 4.69) is 10.4 Å². The Bertz CT molecular complexity index is 722. The minimum atomic E-state index is -0.348. The van der Waals surface area contributed by atoms with Crippen molar-refractivity contribution in [3.8, 4) is 5.69 Å². The Morgan fingerprint density at radius 1 is 1.29 bits per heavy atom. The number of aromatic nitrogens is 2. The number of rotatable bonds is 3. The van der Waals surface area contributed by atoms with Gasteiger partial charge in [-0.05, 0) is 31.4 Å². The third-order valence-corrected chi connectivity index (χ3v) is 5.41. The van der Waals surface area contributed by atoms with Crippen molar-refractivity contribution in [3.63, 3.8) is 0 Å². The van der Waals surface area contributed by atoms with Crippen LogP contribution in [-0.2, 0) is 4.74 Å². The monoisotopic (exact) mass is 327 g/mol. The lowest BCUT2D eigenvalue weighted by Gasteiger charge is -2.55. The topological polar surface area (TPSA) is 76.4 Å². The van der Waals surface area contributed by atoms with Crippen LogP contribution in [0.15, 0.2) is 42.7 Å². The number of carbonyl (C=O) groups excluding carboxylic acids is 1. The van der Waals surface area contributed by atoms with Crippen molar-refractivity contribution in [3.05, 3.63) is 48.3 Å². The van der Waals surface area contributed by atoms with Crippen LogP contribution in [0.4, 0.5) is 0 Å². The predicted molar refractivity (Wildman–Crippen MR) is 87.9 cm³/mol. The van der Waals surface area contributed by atoms with Gasteiger partial charge < -0.3 is 15.2 Å². The fourth-order valence-electron chi connectivity index (χ4n) is 3.80. The van der Waals surface area contributed by atoms with Crippen LogP contribution in [0.1, 0.15) is 29.6 Å². The van der Waals surface area contributed by atoms with Crippen LogP contribution in [0.3, 0.4) is 0 Å². The molecule has 4 rings (SSSR count). The Morgan fingerprint density at radius 2 is 2.04 bits per heavy atom. The van der Waals surface area contributed by atoms with Crippen molar-refractivity contribution >= 4 is 5.91 Å². The van der Waals surface area contributed by atoms with Gasteiger partial charge in [0.1, 0.15) is 0 Å². The number of aliphatic hydroxyl groups is 1. The van der Waals surface area contributed by atoms with Gasteiger partial charge in [0, 0.05) is 30.9 Å². The SMILES string of the molecule is O=C(N[C@@H]1C[C@@H](O)C12CCOCC2)c1cnn(-c2ccccc2)c1. The van der Waals surface area contributed by atoms with Crippen LogP contribution in [-0.4, -0.2) is 46.2 Å². The molecule has 6 nitrogen and oxygen atoms in total. The molecule has 2 aliphatic rings. The molecule has 1 saturated heterocycles. The van der Waals surface area contributed by atoms with E-state index in [1.807, 2.05) is 30.3 Å². The van der Waals surface area contributed by atoms with Crippen LogP contribution < -0.4 is 5.32 Å². The van der Waals surface area contributed by atoms with Gasteiger partial charge in [-0.3, -0.25) is 4.79 Å². The van der Waals surface area contributed by atoms with Gasteiger partial charge in [-0.15, -0.1) is 0 Å². The minimum Gasteiger partial charge on any atom is -0.392 e. The largest absolute Gasteiger partial charge is 0.392 e. The zero-order valence-electron chi connectivity index (χ0n) is 13.4. The smallest absolute Gasteiger partial charge is 0.254 e. The second-order valence-corrected chi connectivity index (χ2v) is 6.63. The molecule has 1 saturated carbocycles. The third-order valence-electron chi connectivity index (χ3n) is 5.41. The maximum Gasteiger partial charge on any atom is 0.254 e. The fourth-order valence-corrected chi connectivity index (χ4v) is 3.80. The Kier molecular flexibility index (Phi) is 3.86. The molecule has 2 atom stereocenters. The van der Waals surface area contributed by atoms with Gasteiger partial charge in [0.05, 0.1) is 23.6 Å². The van der Waals surface area contributed by atoms with Gasteiger partial charge >= 0.3 is 0 Å². The molecule has 126 valence electrons. The molecule has 0 radical (unpaired) electrons. The molecule has 2 heterocycles. The molecule has 2 fully saturated rings. The van der Waals surface area contributed by atoms with E-state index < -0.39 is 0 Å². The van der Waals surface area contributed by atoms with Gasteiger partial charge in [-0.1, -0.05) is 18.2 Å². The van der Waals surface area contributed by atoms with Crippen LogP contribution in [0.25, 0.3) is 5.69 Å². The summed E-state index contributed by atoms with van der Waals surface area (Å²) in [6.07, 6.45) is 5.16. The molecule has 1 aromatic heterocycles. The first kappa shape index (κ1) is 15.4. The number of nitrogens with zero attached hydrogens (tertiary/aromatic N) is 2. The Hall–Kier alpha value is -2.18. The first-order chi connectivity index (χ1) is 11.7. The van der Waals surface area contributed by atoms with Gasteiger partial charge in [0.25, 0.3) is 5.91 Å². The van der Waals surface area contributed by atoms with E-state index in [4.69, 9.17) is 4.74 Å². The highest BCUT2D eigenvalue weighted by Crippen LogP contribution is 2.49. The first-order valence-corrected chi connectivity index (χ1v) is 8.36. The third kappa shape index (κ3) is 2.52. The van der Waals surface area contributed by atoms with E-state index in [0.29, 0.717) is 25.2 Å². The summed E-state index contributed by atoms with van der Waals surface area (Å²) in [6.45, 7) is 1.30. The normalized spacial score (nSPS) is 25.2. The van der Waals surface area contributed by atoms with Crippen LogP contribution in [0, 0.1) is 5.41 Å². The van der Waals surface area contributed by atoms with E-state index in [-0.39, 0.29) is 23.5 Å². The molecule has 2 N–H and O–H groups in total. The van der Waals surface area contributed by atoms with Crippen molar-refractivity contribution in [2.45, 2.75) is 31.4 Å². The highest BCUT2D eigenvalue weighted by molar-refractivity contribution is 5.94. The highest BCUT2D eigenvalue weighted by Gasteiger charge is 2.55. The Morgan fingerprint density at radius 3 is 2.75 bits per heavy atom. The second-order valence-electron chi connectivity index (χ2n) is 6.63. The number of benzene rings is 1. The van der Waals surface area contributed by atoms with Crippen LogP contribution in [0.5, 0.6) is 0 Å². The van der Waals surface area contributed by atoms with Crippen molar-refractivity contribution < 1.29 is 14.6 Å². The number of para-hydroxylation sites is 1. The average molecular weight is 327 g/mol. The summed E-state index contributed by atoms with van der Waals surface area (Å²) < 4.78 is 7.09. The first-order valence-electron chi connectivity index (χ1n) is 8.36. The lowest BCUT2D eigenvalue weighted by Crippen LogP contribution is -2.65. The van der Waals surface area contributed by atoms with Crippen molar-refractivity contribution in [1.82, 2.24) is 15.1 Å². The van der Waals surface area contributed by atoms with Crippen LogP contribution in [0.2, 0.25) is 0 Å². The summed E-state index contributed by atoms with van der Waals surface area (Å²) in [5, 5.41) is 17.6. The lowest BCUT2D eigenvalue weighted by molar-refractivity contribution is -0.145. The molecule has 2 aromatic rings. The Balaban J connectivity index is 1.46. The summed E-state index contributed by atoms with van der Waals surface area (Å²) in [7, 11) is 0. The molecule has 0 unspecified atom stereocenters. The number of hydrogen-bond acceptors (Lipinski definition) is 4. The number of aliphatic hydroxyl groups excluding tert-OH is 1. The van der Waals surface area contributed by atoms with Crippen molar-refractivity contribution in [2.24, 2.45) is 5.41 Å². The molecular formula is C18H21N3O3. The molecule has 1 aliphatic carbocycles. The number of amides is 1. The van der Waals surface area contributed by atoms with E-state index >= 15 is 0 Å². The average Bonchev–Trinajstić information content (AvgIpc) is 3.13. The highest BCUT2D eigenvalue weighted by atomic mass is 16.5. The van der Waals surface area contributed by atoms with Gasteiger partial charge in [-0.2, -0.15) is 5.10 Å². The Labute approximate surface area is 140 Å². The number of hydrogen-bond donors (Lipinski definition) is 2.